The van der Waals surface area contributed by atoms with Crippen molar-refractivity contribution in [3.8, 4) is 23.0 Å². The molecule has 1 fully saturated rings. The van der Waals surface area contributed by atoms with Gasteiger partial charge in [-0.2, -0.15) is 0 Å². The number of carboxylic acids is 1. The minimum Gasteiger partial charge on any atom is -0.480 e. The van der Waals surface area contributed by atoms with Gasteiger partial charge < -0.3 is 15.2 Å². The molecule has 148 valence electrons. The van der Waals surface area contributed by atoms with E-state index < -0.39 is 23.5 Å². The van der Waals surface area contributed by atoms with Crippen molar-refractivity contribution < 1.29 is 19.4 Å². The van der Waals surface area contributed by atoms with E-state index in [0.717, 1.165) is 35.1 Å². The van der Waals surface area contributed by atoms with Crippen LogP contribution in [0, 0.1) is 17.3 Å². The fourth-order valence-electron chi connectivity index (χ4n) is 4.23. The number of rotatable bonds is 6. The van der Waals surface area contributed by atoms with Crippen molar-refractivity contribution in [3.63, 3.8) is 0 Å². The Morgan fingerprint density at radius 1 is 1.14 bits per heavy atom. The van der Waals surface area contributed by atoms with Crippen molar-refractivity contribution in [1.29, 1.82) is 0 Å². The van der Waals surface area contributed by atoms with Crippen LogP contribution in [0.2, 0.25) is 0 Å². The largest absolute Gasteiger partial charge is 0.480 e. The number of fused-ring (bicyclic) bond motifs is 3. The number of aliphatic carboxylic acids is 1. The van der Waals surface area contributed by atoms with Crippen LogP contribution in [-0.4, -0.2) is 29.8 Å². The van der Waals surface area contributed by atoms with Crippen LogP contribution in [0.4, 0.5) is 4.79 Å². The maximum atomic E-state index is 12.5. The summed E-state index contributed by atoms with van der Waals surface area (Å²) in [6.07, 6.45) is 1.24. The van der Waals surface area contributed by atoms with Gasteiger partial charge in [0.2, 0.25) is 0 Å². The molecule has 0 spiro atoms. The van der Waals surface area contributed by atoms with Crippen molar-refractivity contribution in [2.24, 2.45) is 5.41 Å². The second-order valence-corrected chi connectivity index (χ2v) is 7.71. The molecule has 0 saturated heterocycles. The molecule has 4 rings (SSSR count). The van der Waals surface area contributed by atoms with E-state index in [1.807, 2.05) is 36.4 Å². The highest BCUT2D eigenvalue weighted by molar-refractivity contribution is 5.82. The molecule has 0 aromatic heterocycles. The molecule has 0 bridgehead atoms. The Labute approximate surface area is 170 Å². The summed E-state index contributed by atoms with van der Waals surface area (Å²) in [6.45, 7) is 1.89. The minimum absolute atomic E-state index is 0.0581. The maximum absolute atomic E-state index is 12.5. The monoisotopic (exact) mass is 389 g/mol. The number of nitrogens with one attached hydrogen (secondary N) is 1. The van der Waals surface area contributed by atoms with Crippen molar-refractivity contribution >= 4 is 12.1 Å². The first-order valence-corrected chi connectivity index (χ1v) is 9.80. The van der Waals surface area contributed by atoms with Crippen LogP contribution in [0.3, 0.4) is 0 Å². The number of carbonyl (C=O) groups is 2. The van der Waals surface area contributed by atoms with Crippen LogP contribution < -0.4 is 5.32 Å². The van der Waals surface area contributed by atoms with Gasteiger partial charge in [-0.15, -0.1) is 11.8 Å². The van der Waals surface area contributed by atoms with Crippen LogP contribution in [0.5, 0.6) is 0 Å². The fourth-order valence-corrected chi connectivity index (χ4v) is 4.23. The molecule has 2 aliphatic rings. The normalized spacial score (nSPS) is 16.6. The Morgan fingerprint density at radius 3 is 2.24 bits per heavy atom. The number of carboxylic acid groups (broad SMARTS) is 1. The quantitative estimate of drug-likeness (QED) is 0.727. The minimum atomic E-state index is -1.05. The van der Waals surface area contributed by atoms with E-state index in [2.05, 4.69) is 29.3 Å². The first kappa shape index (κ1) is 19.1. The third kappa shape index (κ3) is 3.58. The summed E-state index contributed by atoms with van der Waals surface area (Å²) in [5, 5.41) is 12.2. The van der Waals surface area contributed by atoms with Crippen molar-refractivity contribution in [1.82, 2.24) is 5.32 Å². The number of hydrogen-bond acceptors (Lipinski definition) is 3. The highest BCUT2D eigenvalue weighted by Crippen LogP contribution is 2.51. The van der Waals surface area contributed by atoms with Gasteiger partial charge in [0.15, 0.2) is 0 Å². The average molecular weight is 389 g/mol. The predicted molar refractivity (Wildman–Crippen MR) is 109 cm³/mol. The zero-order valence-electron chi connectivity index (χ0n) is 16.3. The lowest BCUT2D eigenvalue weighted by molar-refractivity contribution is -0.141. The van der Waals surface area contributed by atoms with E-state index in [9.17, 15) is 14.7 Å². The zero-order valence-corrected chi connectivity index (χ0v) is 16.3. The van der Waals surface area contributed by atoms with E-state index in [0.29, 0.717) is 6.42 Å². The van der Waals surface area contributed by atoms with Gasteiger partial charge in [0.1, 0.15) is 12.6 Å². The fraction of sp³-hybridized carbons (Fsp3) is 0.333. The molecule has 1 saturated carbocycles. The van der Waals surface area contributed by atoms with E-state index in [4.69, 9.17) is 4.74 Å². The molecule has 2 N–H and O–H groups in total. The first-order valence-electron chi connectivity index (χ1n) is 9.80. The third-order valence-electron chi connectivity index (χ3n) is 5.97. The number of alkyl carbamates (subject to hydrolysis) is 1. The Kier molecular flexibility index (Phi) is 5.02. The molecule has 1 atom stereocenters. The van der Waals surface area contributed by atoms with E-state index in [1.165, 1.54) is 0 Å². The molecule has 5 heteroatoms. The van der Waals surface area contributed by atoms with Gasteiger partial charge in [-0.25, -0.2) is 9.59 Å². The number of amides is 1. The average Bonchev–Trinajstić information content (AvgIpc) is 3.45. The standard InChI is InChI=1S/C24H23NO4/c1-2-3-12-24(13-14-24)21(22(26)27)25-23(28)29-15-20-18-10-6-4-8-16(18)17-9-5-7-11-19(17)20/h4-11,20-21H,12-15H2,1H3,(H,25,28)(H,26,27)/t21-/m1/s1. The highest BCUT2D eigenvalue weighted by Gasteiger charge is 2.53. The Hall–Kier alpha value is -3.26. The lowest BCUT2D eigenvalue weighted by Crippen LogP contribution is -2.47. The number of carbonyl (C=O) groups excluding carboxylic acids is 1. The van der Waals surface area contributed by atoms with Crippen LogP contribution >= 0.6 is 0 Å². The summed E-state index contributed by atoms with van der Waals surface area (Å²) in [5.41, 5.74) is 4.05. The van der Waals surface area contributed by atoms with E-state index in [1.54, 1.807) is 6.92 Å². The van der Waals surface area contributed by atoms with Crippen LogP contribution in [-0.2, 0) is 9.53 Å². The summed E-state index contributed by atoms with van der Waals surface area (Å²) < 4.78 is 5.50. The topological polar surface area (TPSA) is 75.6 Å². The van der Waals surface area contributed by atoms with Crippen LogP contribution in [0.1, 0.15) is 43.2 Å². The predicted octanol–water partition coefficient (Wildman–Crippen LogP) is 4.17. The van der Waals surface area contributed by atoms with Gasteiger partial charge in [-0.1, -0.05) is 48.5 Å². The van der Waals surface area contributed by atoms with Crippen molar-refractivity contribution in [2.75, 3.05) is 6.61 Å². The molecule has 2 aromatic carbocycles. The lowest BCUT2D eigenvalue weighted by Gasteiger charge is -2.23. The molecular formula is C24H23NO4. The molecule has 2 aromatic rings. The first-order chi connectivity index (χ1) is 14.1. The Morgan fingerprint density at radius 2 is 1.72 bits per heavy atom. The molecular weight excluding hydrogens is 366 g/mol. The molecule has 0 radical (unpaired) electrons. The summed E-state index contributed by atoms with van der Waals surface area (Å²) >= 11 is 0. The number of hydrogen-bond donors (Lipinski definition) is 2. The van der Waals surface area contributed by atoms with Crippen molar-refractivity contribution in [3.05, 3.63) is 59.7 Å². The van der Waals surface area contributed by atoms with Gasteiger partial charge in [0, 0.05) is 17.8 Å². The van der Waals surface area contributed by atoms with E-state index in [-0.39, 0.29) is 12.5 Å². The van der Waals surface area contributed by atoms with Crippen LogP contribution in [0.15, 0.2) is 48.5 Å². The maximum Gasteiger partial charge on any atom is 0.407 e. The summed E-state index contributed by atoms with van der Waals surface area (Å²) in [4.78, 5) is 24.2. The third-order valence-corrected chi connectivity index (χ3v) is 5.97. The Bertz CT molecular complexity index is 967. The lowest BCUT2D eigenvalue weighted by atomic mass is 9.93. The second kappa shape index (κ2) is 7.63. The summed E-state index contributed by atoms with van der Waals surface area (Å²) in [5.74, 6) is 4.65. The molecule has 0 unspecified atom stereocenters. The number of ether oxygens (including phenoxy) is 1. The second-order valence-electron chi connectivity index (χ2n) is 7.71. The smallest absolute Gasteiger partial charge is 0.407 e. The summed E-state index contributed by atoms with van der Waals surface area (Å²) in [6, 6.07) is 15.2. The van der Waals surface area contributed by atoms with Gasteiger partial charge in [-0.05, 0) is 42.0 Å². The Balaban J connectivity index is 1.46. The molecule has 5 nitrogen and oxygen atoms in total. The molecule has 0 heterocycles. The van der Waals surface area contributed by atoms with Gasteiger partial charge in [0.05, 0.1) is 0 Å². The SMILES string of the molecule is CC#CCC1([C@H](NC(=O)OCC2c3ccccc3-c3ccccc32)C(=O)O)CC1. The molecule has 2 aliphatic carbocycles. The van der Waals surface area contributed by atoms with Crippen molar-refractivity contribution in [2.45, 2.75) is 38.1 Å². The highest BCUT2D eigenvalue weighted by atomic mass is 16.5. The van der Waals surface area contributed by atoms with Crippen LogP contribution in [0.25, 0.3) is 11.1 Å². The number of benzene rings is 2. The molecule has 0 aliphatic heterocycles. The summed E-state index contributed by atoms with van der Waals surface area (Å²) in [7, 11) is 0. The van der Waals surface area contributed by atoms with Gasteiger partial charge in [0.25, 0.3) is 0 Å². The van der Waals surface area contributed by atoms with Gasteiger partial charge >= 0.3 is 12.1 Å². The molecule has 29 heavy (non-hydrogen) atoms. The van der Waals surface area contributed by atoms with E-state index >= 15 is 0 Å². The molecule has 1 amide bonds. The van der Waals surface area contributed by atoms with Gasteiger partial charge in [-0.3, -0.25) is 0 Å². The zero-order chi connectivity index (χ0) is 20.4.